The van der Waals surface area contributed by atoms with Crippen molar-refractivity contribution in [3.05, 3.63) is 16.3 Å². The summed E-state index contributed by atoms with van der Waals surface area (Å²) in [6, 6.07) is 1.60. The van der Waals surface area contributed by atoms with Crippen molar-refractivity contribution in [2.24, 2.45) is 0 Å². The Labute approximate surface area is 118 Å². The molecule has 2 N–H and O–H groups in total. The number of anilines is 1. The predicted molar refractivity (Wildman–Crippen MR) is 73.8 cm³/mol. The van der Waals surface area contributed by atoms with Gasteiger partial charge in [0.25, 0.3) is 0 Å². The van der Waals surface area contributed by atoms with Gasteiger partial charge < -0.3 is 15.2 Å². The van der Waals surface area contributed by atoms with E-state index in [1.165, 1.54) is 14.0 Å². The summed E-state index contributed by atoms with van der Waals surface area (Å²) in [5.41, 5.74) is 0.380. The number of carbonyl (C=O) groups excluding carboxylic acids is 2. The summed E-state index contributed by atoms with van der Waals surface area (Å²) in [5, 5.41) is 12.2. The number of hydrogen-bond donors (Lipinski definition) is 2. The Morgan fingerprint density at radius 3 is 2.79 bits per heavy atom. The van der Waals surface area contributed by atoms with E-state index in [0.717, 1.165) is 23.1 Å². The molecular formula is C11H13NO5S2. The molecule has 1 rings (SSSR count). The fraction of sp³-hybridized carbons (Fsp3) is 0.364. The van der Waals surface area contributed by atoms with Gasteiger partial charge in [-0.25, -0.2) is 4.79 Å². The number of ether oxygens (including phenoxy) is 1. The zero-order chi connectivity index (χ0) is 14.4. The molecule has 0 aromatic carbocycles. The summed E-state index contributed by atoms with van der Waals surface area (Å²) >= 11 is 2.17. The zero-order valence-corrected chi connectivity index (χ0v) is 12.0. The summed E-state index contributed by atoms with van der Waals surface area (Å²) < 4.78 is 4.58. The van der Waals surface area contributed by atoms with Gasteiger partial charge in [-0.2, -0.15) is 0 Å². The molecule has 0 saturated heterocycles. The van der Waals surface area contributed by atoms with Crippen molar-refractivity contribution < 1.29 is 24.2 Å². The van der Waals surface area contributed by atoms with Crippen LogP contribution in [0.25, 0.3) is 0 Å². The van der Waals surface area contributed by atoms with Crippen LogP contribution in [-0.4, -0.2) is 41.1 Å². The smallest absolute Gasteiger partial charge is 0.350 e. The lowest BCUT2D eigenvalue weighted by Gasteiger charge is -2.07. The van der Waals surface area contributed by atoms with Crippen LogP contribution in [0.15, 0.2) is 11.4 Å². The molecule has 1 atom stereocenters. The Bertz CT molecular complexity index is 485. The van der Waals surface area contributed by atoms with Crippen molar-refractivity contribution >= 4 is 46.6 Å². The average Bonchev–Trinajstić information content (AvgIpc) is 2.82. The van der Waals surface area contributed by atoms with Gasteiger partial charge in [0.15, 0.2) is 0 Å². The van der Waals surface area contributed by atoms with Crippen molar-refractivity contribution in [3.8, 4) is 0 Å². The number of carbonyl (C=O) groups is 3. The van der Waals surface area contributed by atoms with E-state index < -0.39 is 17.2 Å². The molecule has 104 valence electrons. The second-order valence-electron chi connectivity index (χ2n) is 3.49. The Morgan fingerprint density at radius 2 is 2.21 bits per heavy atom. The Kier molecular flexibility index (Phi) is 5.84. The van der Waals surface area contributed by atoms with E-state index in [0.29, 0.717) is 10.6 Å². The summed E-state index contributed by atoms with van der Waals surface area (Å²) in [6.07, 6.45) is 0. The van der Waals surface area contributed by atoms with E-state index >= 15 is 0 Å². The summed E-state index contributed by atoms with van der Waals surface area (Å²) in [7, 11) is 1.26. The van der Waals surface area contributed by atoms with E-state index in [1.807, 2.05) is 0 Å². The molecular weight excluding hydrogens is 290 g/mol. The van der Waals surface area contributed by atoms with Crippen molar-refractivity contribution in [3.63, 3.8) is 0 Å². The fourth-order valence-electron chi connectivity index (χ4n) is 1.12. The second-order valence-corrected chi connectivity index (χ2v) is 5.74. The summed E-state index contributed by atoms with van der Waals surface area (Å²) in [5.74, 6) is -1.84. The first-order valence-electron chi connectivity index (χ1n) is 5.25. The quantitative estimate of drug-likeness (QED) is 0.777. The highest BCUT2D eigenvalue weighted by atomic mass is 32.2. The van der Waals surface area contributed by atoms with E-state index in [-0.39, 0.29) is 11.7 Å². The Hall–Kier alpha value is -1.54. The number of amides is 1. The second kappa shape index (κ2) is 7.15. The number of thiophene rings is 1. The molecule has 1 amide bonds. The molecule has 19 heavy (non-hydrogen) atoms. The number of methoxy groups -OCH3 is 1. The lowest BCUT2D eigenvalue weighted by Crippen LogP contribution is -2.19. The highest BCUT2D eigenvalue weighted by Crippen LogP contribution is 2.23. The molecule has 0 bridgehead atoms. The molecule has 0 fully saturated rings. The Morgan fingerprint density at radius 1 is 1.53 bits per heavy atom. The molecule has 0 saturated carbocycles. The van der Waals surface area contributed by atoms with E-state index in [9.17, 15) is 14.4 Å². The highest BCUT2D eigenvalue weighted by Gasteiger charge is 2.17. The first-order valence-corrected chi connectivity index (χ1v) is 7.18. The lowest BCUT2D eigenvalue weighted by atomic mass is 10.4. The maximum absolute atomic E-state index is 11.6. The van der Waals surface area contributed by atoms with Gasteiger partial charge in [-0.05, 0) is 18.4 Å². The van der Waals surface area contributed by atoms with Gasteiger partial charge >= 0.3 is 11.9 Å². The summed E-state index contributed by atoms with van der Waals surface area (Å²) in [6.45, 7) is 1.50. The molecule has 1 unspecified atom stereocenters. The first-order chi connectivity index (χ1) is 8.95. The number of nitrogens with one attached hydrogen (secondary N) is 1. The molecule has 1 aromatic rings. The zero-order valence-electron chi connectivity index (χ0n) is 10.3. The third kappa shape index (κ3) is 4.56. The van der Waals surface area contributed by atoms with Gasteiger partial charge in [0, 0.05) is 0 Å². The van der Waals surface area contributed by atoms with Crippen molar-refractivity contribution in [2.75, 3.05) is 18.2 Å². The van der Waals surface area contributed by atoms with Crippen LogP contribution >= 0.6 is 23.1 Å². The fourth-order valence-corrected chi connectivity index (χ4v) is 2.50. The molecule has 0 spiro atoms. The number of esters is 1. The standard InChI is InChI=1S/C11H13NO5S2/c1-6(10(14)15)19-5-8(13)12-7-3-4-18-9(7)11(16)17-2/h3-4,6H,5H2,1-2H3,(H,12,13)(H,14,15). The largest absolute Gasteiger partial charge is 0.480 e. The minimum Gasteiger partial charge on any atom is -0.480 e. The minimum atomic E-state index is -0.969. The topological polar surface area (TPSA) is 92.7 Å². The third-order valence-electron chi connectivity index (χ3n) is 2.12. The van der Waals surface area contributed by atoms with Crippen LogP contribution in [0.3, 0.4) is 0 Å². The van der Waals surface area contributed by atoms with Crippen LogP contribution in [0.2, 0.25) is 0 Å². The van der Waals surface area contributed by atoms with Gasteiger partial charge in [-0.3, -0.25) is 9.59 Å². The van der Waals surface area contributed by atoms with E-state index in [4.69, 9.17) is 5.11 Å². The van der Waals surface area contributed by atoms with Crippen LogP contribution < -0.4 is 5.32 Å². The molecule has 0 aliphatic carbocycles. The Balaban J connectivity index is 2.56. The molecule has 0 aliphatic rings. The first kappa shape index (κ1) is 15.5. The molecule has 1 heterocycles. The molecule has 8 heteroatoms. The maximum atomic E-state index is 11.6. The van der Waals surface area contributed by atoms with Crippen LogP contribution in [0.5, 0.6) is 0 Å². The number of aliphatic carboxylic acids is 1. The normalized spacial score (nSPS) is 11.7. The summed E-state index contributed by atoms with van der Waals surface area (Å²) in [4.78, 5) is 33.9. The average molecular weight is 303 g/mol. The minimum absolute atomic E-state index is 0.00389. The molecule has 0 aliphatic heterocycles. The van der Waals surface area contributed by atoms with Gasteiger partial charge in [-0.1, -0.05) is 0 Å². The molecule has 1 aromatic heterocycles. The number of thioether (sulfide) groups is 1. The predicted octanol–water partition coefficient (Wildman–Crippen LogP) is 1.68. The van der Waals surface area contributed by atoms with Crippen LogP contribution in [0.1, 0.15) is 16.6 Å². The van der Waals surface area contributed by atoms with Crippen LogP contribution in [0, 0.1) is 0 Å². The lowest BCUT2D eigenvalue weighted by molar-refractivity contribution is -0.136. The van der Waals surface area contributed by atoms with Gasteiger partial charge in [0.1, 0.15) is 4.88 Å². The number of carboxylic acids is 1. The maximum Gasteiger partial charge on any atom is 0.350 e. The van der Waals surface area contributed by atoms with Crippen molar-refractivity contribution in [1.29, 1.82) is 0 Å². The van der Waals surface area contributed by atoms with Crippen molar-refractivity contribution in [2.45, 2.75) is 12.2 Å². The van der Waals surface area contributed by atoms with Gasteiger partial charge in [0.2, 0.25) is 5.91 Å². The third-order valence-corrected chi connectivity index (χ3v) is 4.15. The van der Waals surface area contributed by atoms with Crippen molar-refractivity contribution in [1.82, 2.24) is 0 Å². The molecule has 6 nitrogen and oxygen atoms in total. The molecule has 0 radical (unpaired) electrons. The SMILES string of the molecule is COC(=O)c1sccc1NC(=O)CSC(C)C(=O)O. The van der Waals surface area contributed by atoms with Crippen LogP contribution in [-0.2, 0) is 14.3 Å². The number of carboxylic acid groups (broad SMARTS) is 1. The van der Waals surface area contributed by atoms with Crippen LogP contribution in [0.4, 0.5) is 5.69 Å². The van der Waals surface area contributed by atoms with Gasteiger partial charge in [-0.15, -0.1) is 23.1 Å². The van der Waals surface area contributed by atoms with E-state index in [1.54, 1.807) is 11.4 Å². The highest BCUT2D eigenvalue weighted by molar-refractivity contribution is 8.01. The van der Waals surface area contributed by atoms with E-state index in [2.05, 4.69) is 10.1 Å². The van der Waals surface area contributed by atoms with Gasteiger partial charge in [0.05, 0.1) is 23.8 Å². The monoisotopic (exact) mass is 303 g/mol. The number of hydrogen-bond acceptors (Lipinski definition) is 6. The number of rotatable bonds is 6.